The largest absolute Gasteiger partial charge is 0.481 e. The molecule has 5 nitrogen and oxygen atoms in total. The first-order valence-electron chi connectivity index (χ1n) is 5.58. The first kappa shape index (κ1) is 13.4. The zero-order valence-corrected chi connectivity index (χ0v) is 12.0. The van der Waals surface area contributed by atoms with Gasteiger partial charge in [0.1, 0.15) is 0 Å². The van der Waals surface area contributed by atoms with Crippen molar-refractivity contribution in [1.82, 2.24) is 10.2 Å². The lowest BCUT2D eigenvalue weighted by atomic mass is 10.2. The van der Waals surface area contributed by atoms with Gasteiger partial charge < -0.3 is 15.3 Å². The Morgan fingerprint density at radius 1 is 1.61 bits per heavy atom. The molecule has 98 valence electrons. The molecule has 1 saturated heterocycles. The fourth-order valence-corrected chi connectivity index (χ4v) is 3.35. The van der Waals surface area contributed by atoms with Crippen LogP contribution in [0.1, 0.15) is 23.8 Å². The minimum atomic E-state index is -0.826. The van der Waals surface area contributed by atoms with Gasteiger partial charge in [0.15, 0.2) is 0 Å². The van der Waals surface area contributed by atoms with Crippen LogP contribution in [0.3, 0.4) is 0 Å². The number of hydrogen-bond donors (Lipinski definition) is 2. The predicted molar refractivity (Wildman–Crippen MR) is 71.7 cm³/mol. The zero-order valence-electron chi connectivity index (χ0n) is 9.56. The van der Waals surface area contributed by atoms with E-state index in [9.17, 15) is 9.59 Å². The standard InChI is InChI=1S/C11H13BrN2O3S/c12-9-4-3-8(18-9)7-6-14(11(17)13-7)5-1-2-10(15)16/h3-4,7H,1-2,5-6H2,(H,13,17)(H,15,16). The molecule has 1 aromatic rings. The Bertz CT molecular complexity index is 463. The van der Waals surface area contributed by atoms with Crippen LogP contribution in [0.5, 0.6) is 0 Å². The molecular formula is C11H13BrN2O3S. The van der Waals surface area contributed by atoms with Crippen molar-refractivity contribution >= 4 is 39.3 Å². The molecule has 0 spiro atoms. The van der Waals surface area contributed by atoms with Crippen molar-refractivity contribution in [3.05, 3.63) is 20.8 Å². The molecule has 2 heterocycles. The molecule has 1 fully saturated rings. The summed E-state index contributed by atoms with van der Waals surface area (Å²) >= 11 is 4.99. The Morgan fingerprint density at radius 2 is 2.39 bits per heavy atom. The number of halogens is 1. The summed E-state index contributed by atoms with van der Waals surface area (Å²) in [6, 6.07) is 3.84. The van der Waals surface area contributed by atoms with Gasteiger partial charge in [-0.3, -0.25) is 4.79 Å². The van der Waals surface area contributed by atoms with Crippen LogP contribution in [0.4, 0.5) is 4.79 Å². The third kappa shape index (κ3) is 3.23. The highest BCUT2D eigenvalue weighted by atomic mass is 79.9. The van der Waals surface area contributed by atoms with Crippen molar-refractivity contribution in [2.45, 2.75) is 18.9 Å². The van der Waals surface area contributed by atoms with Gasteiger partial charge in [-0.15, -0.1) is 11.3 Å². The molecule has 2 amide bonds. The maximum absolute atomic E-state index is 11.7. The van der Waals surface area contributed by atoms with E-state index in [1.54, 1.807) is 16.2 Å². The quantitative estimate of drug-likeness (QED) is 0.870. The second-order valence-corrected chi connectivity index (χ2v) is 6.58. The average molecular weight is 333 g/mol. The predicted octanol–water partition coefficient (Wildman–Crippen LogP) is 2.44. The van der Waals surface area contributed by atoms with Crippen molar-refractivity contribution in [1.29, 1.82) is 0 Å². The molecule has 1 aromatic heterocycles. The lowest BCUT2D eigenvalue weighted by molar-refractivity contribution is -0.137. The number of aliphatic carboxylic acids is 1. The molecule has 0 bridgehead atoms. The number of carbonyl (C=O) groups is 2. The number of amides is 2. The van der Waals surface area contributed by atoms with E-state index in [2.05, 4.69) is 21.2 Å². The van der Waals surface area contributed by atoms with Crippen LogP contribution in [0.15, 0.2) is 15.9 Å². The monoisotopic (exact) mass is 332 g/mol. The number of urea groups is 1. The molecule has 0 aromatic carbocycles. The summed E-state index contributed by atoms with van der Waals surface area (Å²) in [5, 5.41) is 11.5. The van der Waals surface area contributed by atoms with Crippen LogP contribution < -0.4 is 5.32 Å². The summed E-state index contributed by atoms with van der Waals surface area (Å²) in [5.41, 5.74) is 0. The van der Waals surface area contributed by atoms with Crippen LogP contribution >= 0.6 is 27.3 Å². The van der Waals surface area contributed by atoms with E-state index < -0.39 is 5.97 Å². The molecule has 0 aliphatic carbocycles. The van der Waals surface area contributed by atoms with E-state index in [4.69, 9.17) is 5.11 Å². The molecule has 1 aliphatic rings. The van der Waals surface area contributed by atoms with Gasteiger partial charge in [-0.1, -0.05) is 0 Å². The van der Waals surface area contributed by atoms with Crippen molar-refractivity contribution in [2.75, 3.05) is 13.1 Å². The molecule has 7 heteroatoms. The van der Waals surface area contributed by atoms with Crippen LogP contribution in [-0.2, 0) is 4.79 Å². The third-order valence-electron chi connectivity index (χ3n) is 2.74. The number of hydrogen-bond acceptors (Lipinski definition) is 3. The van der Waals surface area contributed by atoms with Gasteiger partial charge in [-0.2, -0.15) is 0 Å². The maximum Gasteiger partial charge on any atom is 0.318 e. The lowest BCUT2D eigenvalue weighted by Crippen LogP contribution is -2.29. The van der Waals surface area contributed by atoms with Crippen molar-refractivity contribution in [2.24, 2.45) is 0 Å². The Kier molecular flexibility index (Phi) is 4.23. The lowest BCUT2D eigenvalue weighted by Gasteiger charge is -2.13. The zero-order chi connectivity index (χ0) is 13.1. The average Bonchev–Trinajstić information content (AvgIpc) is 2.86. The van der Waals surface area contributed by atoms with Crippen molar-refractivity contribution < 1.29 is 14.7 Å². The molecule has 1 unspecified atom stereocenters. The number of thiophene rings is 1. The topological polar surface area (TPSA) is 69.6 Å². The molecule has 2 N–H and O–H groups in total. The minimum absolute atomic E-state index is 0.0126. The van der Waals surface area contributed by atoms with E-state index in [1.807, 2.05) is 12.1 Å². The van der Waals surface area contributed by atoms with E-state index >= 15 is 0 Å². The van der Waals surface area contributed by atoms with E-state index in [0.717, 1.165) is 8.66 Å². The summed E-state index contributed by atoms with van der Waals surface area (Å²) < 4.78 is 1.04. The smallest absolute Gasteiger partial charge is 0.318 e. The second kappa shape index (κ2) is 5.71. The number of nitrogens with zero attached hydrogens (tertiary/aromatic N) is 1. The molecule has 18 heavy (non-hydrogen) atoms. The first-order valence-corrected chi connectivity index (χ1v) is 7.19. The summed E-state index contributed by atoms with van der Waals surface area (Å²) in [6.45, 7) is 1.09. The van der Waals surface area contributed by atoms with Crippen molar-refractivity contribution in [3.8, 4) is 0 Å². The number of rotatable bonds is 5. The molecular weight excluding hydrogens is 320 g/mol. The second-order valence-electron chi connectivity index (χ2n) is 4.09. The third-order valence-corrected chi connectivity index (χ3v) is 4.48. The van der Waals surface area contributed by atoms with Gasteiger partial charge in [0, 0.05) is 24.4 Å². The Hall–Kier alpha value is -1.08. The Morgan fingerprint density at radius 3 is 3.00 bits per heavy atom. The first-order chi connectivity index (χ1) is 8.56. The van der Waals surface area contributed by atoms with Crippen LogP contribution in [-0.4, -0.2) is 35.1 Å². The summed E-state index contributed by atoms with van der Waals surface area (Å²) in [6.07, 6.45) is 0.586. The van der Waals surface area contributed by atoms with Gasteiger partial charge in [-0.05, 0) is 34.5 Å². The van der Waals surface area contributed by atoms with Gasteiger partial charge in [-0.25, -0.2) is 4.79 Å². The highest BCUT2D eigenvalue weighted by Crippen LogP contribution is 2.30. The van der Waals surface area contributed by atoms with Gasteiger partial charge in [0.05, 0.1) is 9.83 Å². The van der Waals surface area contributed by atoms with E-state index in [0.29, 0.717) is 19.5 Å². The molecule has 1 aliphatic heterocycles. The molecule has 0 saturated carbocycles. The number of carboxylic acid groups (broad SMARTS) is 1. The number of carbonyl (C=O) groups excluding carboxylic acids is 1. The summed E-state index contributed by atoms with van der Waals surface area (Å²) in [7, 11) is 0. The Balaban J connectivity index is 1.88. The Labute approximate surface area is 117 Å². The van der Waals surface area contributed by atoms with Gasteiger partial charge >= 0.3 is 12.0 Å². The minimum Gasteiger partial charge on any atom is -0.481 e. The van der Waals surface area contributed by atoms with Gasteiger partial charge in [0.2, 0.25) is 0 Å². The van der Waals surface area contributed by atoms with E-state index in [-0.39, 0.29) is 18.5 Å². The van der Waals surface area contributed by atoms with Gasteiger partial charge in [0.25, 0.3) is 0 Å². The molecule has 0 radical (unpaired) electrons. The van der Waals surface area contributed by atoms with Crippen LogP contribution in [0.2, 0.25) is 0 Å². The van der Waals surface area contributed by atoms with Crippen LogP contribution in [0, 0.1) is 0 Å². The number of carboxylic acids is 1. The maximum atomic E-state index is 11.7. The SMILES string of the molecule is O=C(O)CCCN1CC(c2ccc(Br)s2)NC1=O. The highest BCUT2D eigenvalue weighted by Gasteiger charge is 2.30. The van der Waals surface area contributed by atoms with Crippen LogP contribution in [0.25, 0.3) is 0 Å². The van der Waals surface area contributed by atoms with E-state index in [1.165, 1.54) is 0 Å². The molecule has 1 atom stereocenters. The molecule has 2 rings (SSSR count). The summed E-state index contributed by atoms with van der Waals surface area (Å²) in [5.74, 6) is -0.826. The normalized spacial score (nSPS) is 19.1. The highest BCUT2D eigenvalue weighted by molar-refractivity contribution is 9.11. The van der Waals surface area contributed by atoms with Crippen molar-refractivity contribution in [3.63, 3.8) is 0 Å². The number of nitrogens with one attached hydrogen (secondary N) is 1. The fourth-order valence-electron chi connectivity index (χ4n) is 1.88. The summed E-state index contributed by atoms with van der Waals surface area (Å²) in [4.78, 5) is 24.9. The fraction of sp³-hybridized carbons (Fsp3) is 0.455.